The van der Waals surface area contributed by atoms with E-state index in [9.17, 15) is 9.59 Å². The Hall–Kier alpha value is -1.10. The molecule has 1 heterocycles. The molecular formula is C15H26N2O3. The molecule has 2 amide bonds. The Balaban J connectivity index is 2.31. The summed E-state index contributed by atoms with van der Waals surface area (Å²) >= 11 is 0. The normalized spacial score (nSPS) is 31.4. The van der Waals surface area contributed by atoms with E-state index in [0.29, 0.717) is 13.2 Å². The second-order valence-corrected chi connectivity index (χ2v) is 7.23. The zero-order valence-corrected chi connectivity index (χ0v) is 13.2. The van der Waals surface area contributed by atoms with Crippen LogP contribution in [0.25, 0.3) is 0 Å². The minimum Gasteiger partial charge on any atom is -0.383 e. The van der Waals surface area contributed by atoms with Crippen LogP contribution in [0.2, 0.25) is 0 Å². The second-order valence-electron chi connectivity index (χ2n) is 7.23. The van der Waals surface area contributed by atoms with E-state index in [0.717, 1.165) is 12.8 Å². The van der Waals surface area contributed by atoms with E-state index >= 15 is 0 Å². The molecule has 20 heavy (non-hydrogen) atoms. The van der Waals surface area contributed by atoms with Gasteiger partial charge in [0.25, 0.3) is 0 Å². The predicted molar refractivity (Wildman–Crippen MR) is 76.1 cm³/mol. The lowest BCUT2D eigenvalue weighted by molar-refractivity contribution is -0.160. The first-order valence-corrected chi connectivity index (χ1v) is 7.34. The highest BCUT2D eigenvalue weighted by Gasteiger charge is 2.57. The minimum atomic E-state index is -0.730. The Labute approximate surface area is 121 Å². The maximum Gasteiger partial charge on any atom is 0.249 e. The van der Waals surface area contributed by atoms with Crippen LogP contribution >= 0.6 is 0 Å². The molecule has 1 saturated heterocycles. The molecule has 2 rings (SSSR count). The largest absolute Gasteiger partial charge is 0.383 e. The van der Waals surface area contributed by atoms with Gasteiger partial charge in [0.1, 0.15) is 11.6 Å². The zero-order chi connectivity index (χ0) is 15.1. The number of methoxy groups -OCH3 is 1. The number of nitrogens with zero attached hydrogens (tertiary/aromatic N) is 1. The molecule has 2 atom stereocenters. The van der Waals surface area contributed by atoms with Gasteiger partial charge in [-0.2, -0.15) is 0 Å². The maximum absolute atomic E-state index is 12.9. The molecule has 1 N–H and O–H groups in total. The van der Waals surface area contributed by atoms with E-state index in [1.54, 1.807) is 12.0 Å². The molecule has 5 heteroatoms. The van der Waals surface area contributed by atoms with Crippen LogP contribution in [-0.4, -0.2) is 48.6 Å². The lowest BCUT2D eigenvalue weighted by Crippen LogP contribution is -2.72. The zero-order valence-electron chi connectivity index (χ0n) is 13.2. The summed E-state index contributed by atoms with van der Waals surface area (Å²) in [5.41, 5.74) is -1.02. The van der Waals surface area contributed by atoms with Gasteiger partial charge in [0.2, 0.25) is 11.8 Å². The van der Waals surface area contributed by atoms with E-state index in [2.05, 4.69) is 5.32 Å². The molecule has 0 bridgehead atoms. The van der Waals surface area contributed by atoms with Crippen molar-refractivity contribution in [1.29, 1.82) is 0 Å². The highest BCUT2D eigenvalue weighted by molar-refractivity contribution is 6.00. The van der Waals surface area contributed by atoms with Crippen molar-refractivity contribution in [1.82, 2.24) is 10.2 Å². The first-order valence-electron chi connectivity index (χ1n) is 7.34. The summed E-state index contributed by atoms with van der Waals surface area (Å²) in [5.74, 6) is 0.282. The van der Waals surface area contributed by atoms with E-state index in [4.69, 9.17) is 4.74 Å². The standard InChI is InChI=1S/C15H26N2O3/c1-14(2,3)11-12(18)16-15(4,10-6-7-10)13(19)17(11)8-9-20-5/h10-11H,6-9H2,1-5H3,(H,16,18). The predicted octanol–water partition coefficient (Wildman–Crippen LogP) is 1.17. The Morgan fingerprint density at radius 1 is 1.35 bits per heavy atom. The molecule has 1 saturated carbocycles. The first kappa shape index (κ1) is 15.3. The maximum atomic E-state index is 12.9. The highest BCUT2D eigenvalue weighted by atomic mass is 16.5. The third kappa shape index (κ3) is 2.55. The Bertz CT molecular complexity index is 412. The van der Waals surface area contributed by atoms with Crippen molar-refractivity contribution in [2.45, 2.75) is 52.1 Å². The quantitative estimate of drug-likeness (QED) is 0.842. The molecule has 0 radical (unpaired) electrons. The van der Waals surface area contributed by atoms with Gasteiger partial charge in [0.05, 0.1) is 6.61 Å². The van der Waals surface area contributed by atoms with Crippen molar-refractivity contribution in [2.75, 3.05) is 20.3 Å². The van der Waals surface area contributed by atoms with Gasteiger partial charge in [-0.1, -0.05) is 20.8 Å². The molecule has 2 aliphatic rings. The summed E-state index contributed by atoms with van der Waals surface area (Å²) < 4.78 is 5.11. The number of ether oxygens (including phenoxy) is 1. The summed E-state index contributed by atoms with van der Waals surface area (Å²) in [5, 5.41) is 3.00. The van der Waals surface area contributed by atoms with Crippen molar-refractivity contribution in [3.63, 3.8) is 0 Å². The smallest absolute Gasteiger partial charge is 0.249 e. The van der Waals surface area contributed by atoms with Crippen molar-refractivity contribution in [3.8, 4) is 0 Å². The number of piperazine rings is 1. The number of amides is 2. The van der Waals surface area contributed by atoms with E-state index in [-0.39, 0.29) is 23.1 Å². The monoisotopic (exact) mass is 282 g/mol. The van der Waals surface area contributed by atoms with Crippen LogP contribution in [0.5, 0.6) is 0 Å². The molecule has 2 unspecified atom stereocenters. The van der Waals surface area contributed by atoms with Crippen molar-refractivity contribution in [3.05, 3.63) is 0 Å². The van der Waals surface area contributed by atoms with Crippen LogP contribution in [0, 0.1) is 11.3 Å². The number of rotatable bonds is 4. The molecule has 5 nitrogen and oxygen atoms in total. The Kier molecular flexibility index (Phi) is 3.84. The van der Waals surface area contributed by atoms with Crippen molar-refractivity contribution < 1.29 is 14.3 Å². The van der Waals surface area contributed by atoms with Gasteiger partial charge in [-0.15, -0.1) is 0 Å². The molecule has 1 aliphatic carbocycles. The minimum absolute atomic E-state index is 0.0385. The van der Waals surface area contributed by atoms with Crippen LogP contribution in [0.1, 0.15) is 40.5 Å². The molecule has 0 aromatic heterocycles. The molecule has 0 aromatic carbocycles. The van der Waals surface area contributed by atoms with E-state index in [1.165, 1.54) is 0 Å². The SMILES string of the molecule is COCCN1C(=O)C(C)(C2CC2)NC(=O)C1C(C)(C)C. The molecule has 2 fully saturated rings. The lowest BCUT2D eigenvalue weighted by Gasteiger charge is -2.48. The fourth-order valence-corrected chi connectivity index (χ4v) is 3.15. The molecule has 114 valence electrons. The Morgan fingerprint density at radius 3 is 2.40 bits per heavy atom. The second kappa shape index (κ2) is 5.02. The number of carbonyl (C=O) groups is 2. The highest BCUT2D eigenvalue weighted by Crippen LogP contribution is 2.43. The van der Waals surface area contributed by atoms with Gasteiger partial charge in [-0.3, -0.25) is 9.59 Å². The Morgan fingerprint density at radius 2 is 1.95 bits per heavy atom. The van der Waals surface area contributed by atoms with Gasteiger partial charge in [-0.05, 0) is 31.1 Å². The summed E-state index contributed by atoms with van der Waals surface area (Å²) in [6, 6.07) is -0.433. The fourth-order valence-electron chi connectivity index (χ4n) is 3.15. The average molecular weight is 282 g/mol. The summed E-state index contributed by atoms with van der Waals surface area (Å²) in [6.45, 7) is 8.75. The van der Waals surface area contributed by atoms with Gasteiger partial charge in [0.15, 0.2) is 0 Å². The van der Waals surface area contributed by atoms with Gasteiger partial charge < -0.3 is 15.0 Å². The van der Waals surface area contributed by atoms with Crippen LogP contribution in [0.3, 0.4) is 0 Å². The summed E-state index contributed by atoms with van der Waals surface area (Å²) in [6.07, 6.45) is 2.03. The lowest BCUT2D eigenvalue weighted by atomic mass is 9.79. The van der Waals surface area contributed by atoms with Crippen LogP contribution in [-0.2, 0) is 14.3 Å². The first-order chi connectivity index (χ1) is 9.21. The van der Waals surface area contributed by atoms with Crippen LogP contribution < -0.4 is 5.32 Å². The molecular weight excluding hydrogens is 256 g/mol. The number of carbonyl (C=O) groups excluding carboxylic acids is 2. The van der Waals surface area contributed by atoms with Gasteiger partial charge in [0, 0.05) is 13.7 Å². The van der Waals surface area contributed by atoms with Crippen molar-refractivity contribution >= 4 is 11.8 Å². The third-order valence-corrected chi connectivity index (χ3v) is 4.40. The van der Waals surface area contributed by atoms with Gasteiger partial charge >= 0.3 is 0 Å². The van der Waals surface area contributed by atoms with E-state index in [1.807, 2.05) is 27.7 Å². The van der Waals surface area contributed by atoms with Crippen LogP contribution in [0.4, 0.5) is 0 Å². The summed E-state index contributed by atoms with van der Waals surface area (Å²) in [7, 11) is 1.61. The van der Waals surface area contributed by atoms with Crippen LogP contribution in [0.15, 0.2) is 0 Å². The number of hydrogen-bond acceptors (Lipinski definition) is 3. The fraction of sp³-hybridized carbons (Fsp3) is 0.867. The molecule has 0 aromatic rings. The van der Waals surface area contributed by atoms with E-state index < -0.39 is 11.6 Å². The summed E-state index contributed by atoms with van der Waals surface area (Å²) in [4.78, 5) is 27.2. The molecule has 0 spiro atoms. The van der Waals surface area contributed by atoms with Crippen molar-refractivity contribution in [2.24, 2.45) is 11.3 Å². The third-order valence-electron chi connectivity index (χ3n) is 4.40. The topological polar surface area (TPSA) is 58.6 Å². The number of nitrogens with one attached hydrogen (secondary N) is 1. The number of hydrogen-bond donors (Lipinski definition) is 1. The average Bonchev–Trinajstić information content (AvgIpc) is 3.14. The molecule has 1 aliphatic heterocycles. The van der Waals surface area contributed by atoms with Gasteiger partial charge in [-0.25, -0.2) is 0 Å².